The van der Waals surface area contributed by atoms with Crippen LogP contribution in [0.2, 0.25) is 10.0 Å². The van der Waals surface area contributed by atoms with Gasteiger partial charge in [-0.2, -0.15) is 5.26 Å². The van der Waals surface area contributed by atoms with Crippen molar-refractivity contribution in [3.05, 3.63) is 115 Å². The van der Waals surface area contributed by atoms with Gasteiger partial charge >= 0.3 is 0 Å². The molecule has 3 aromatic carbocycles. The Morgan fingerprint density at radius 3 is 2.49 bits per heavy atom. The first kappa shape index (κ1) is 27.4. The number of benzene rings is 3. The Bertz CT molecular complexity index is 1600. The summed E-state index contributed by atoms with van der Waals surface area (Å²) in [5.41, 5.74) is 14.9. The summed E-state index contributed by atoms with van der Waals surface area (Å²) in [7, 11) is 0. The molecule has 198 valence electrons. The van der Waals surface area contributed by atoms with E-state index in [1.165, 1.54) is 21.6 Å². The van der Waals surface area contributed by atoms with Crippen molar-refractivity contribution in [1.29, 1.82) is 5.26 Å². The number of halogens is 2. The number of Topliss-reactive ketones (excluding diaryl/α,β-unsaturated/α-hetero) is 1. The third-order valence-electron chi connectivity index (χ3n) is 7.59. The van der Waals surface area contributed by atoms with Crippen molar-refractivity contribution in [2.45, 2.75) is 56.6 Å². The average Bonchev–Trinajstić information content (AvgIpc) is 2.90. The Morgan fingerprint density at radius 2 is 1.77 bits per heavy atom. The number of hydrogen-bond acceptors (Lipinski definition) is 5. The number of anilines is 1. The first-order valence-corrected chi connectivity index (χ1v) is 14.6. The molecule has 4 nitrogen and oxygen atoms in total. The van der Waals surface area contributed by atoms with E-state index in [0.29, 0.717) is 45.5 Å². The second-order valence-electron chi connectivity index (χ2n) is 10.1. The van der Waals surface area contributed by atoms with Crippen molar-refractivity contribution in [1.82, 2.24) is 0 Å². The van der Waals surface area contributed by atoms with Crippen LogP contribution < -0.4 is 10.6 Å². The van der Waals surface area contributed by atoms with E-state index in [1.807, 2.05) is 24.0 Å². The highest BCUT2D eigenvalue weighted by molar-refractivity contribution is 7.98. The summed E-state index contributed by atoms with van der Waals surface area (Å²) >= 11 is 14.3. The summed E-state index contributed by atoms with van der Waals surface area (Å²) in [5, 5.41) is 11.2. The minimum atomic E-state index is -0.514. The zero-order chi connectivity index (χ0) is 27.8. The normalized spacial score (nSPS) is 17.4. The summed E-state index contributed by atoms with van der Waals surface area (Å²) in [6.45, 7) is 6.28. The van der Waals surface area contributed by atoms with Gasteiger partial charge in [-0.15, -0.1) is 11.8 Å². The number of nitrogens with two attached hydrogens (primary N) is 1. The van der Waals surface area contributed by atoms with Crippen molar-refractivity contribution < 1.29 is 4.79 Å². The van der Waals surface area contributed by atoms with Crippen LogP contribution >= 0.6 is 35.0 Å². The standard InChI is InChI=1S/C32H29Cl2N3OS/c1-18-7-4-5-10-29(18)39-17-21-14-23(20(3)13-19(21)2)30-24(16-35)32(36)37(22-11-12-25(33)26(34)15-22)27-8-6-9-28(38)31(27)30/h4-5,7,10-15,30H,6,8-9,17,36H2,1-3H3. The maximum Gasteiger partial charge on any atom is 0.161 e. The Morgan fingerprint density at radius 1 is 1.00 bits per heavy atom. The van der Waals surface area contributed by atoms with E-state index >= 15 is 0 Å². The van der Waals surface area contributed by atoms with Gasteiger partial charge in [0.25, 0.3) is 0 Å². The molecule has 3 aromatic rings. The molecule has 1 aliphatic carbocycles. The molecule has 0 saturated heterocycles. The van der Waals surface area contributed by atoms with Crippen molar-refractivity contribution in [2.75, 3.05) is 4.90 Å². The molecule has 0 amide bonds. The van der Waals surface area contributed by atoms with Gasteiger partial charge in [0.2, 0.25) is 0 Å². The molecular weight excluding hydrogens is 545 g/mol. The van der Waals surface area contributed by atoms with Crippen LogP contribution in [-0.2, 0) is 10.5 Å². The number of hydrogen-bond donors (Lipinski definition) is 1. The lowest BCUT2D eigenvalue weighted by Gasteiger charge is -2.40. The highest BCUT2D eigenvalue weighted by Crippen LogP contribution is 2.48. The maximum absolute atomic E-state index is 13.6. The molecule has 0 bridgehead atoms. The predicted octanol–water partition coefficient (Wildman–Crippen LogP) is 8.52. The molecule has 2 N–H and O–H groups in total. The number of nitriles is 1. The monoisotopic (exact) mass is 573 g/mol. The van der Waals surface area contributed by atoms with E-state index < -0.39 is 5.92 Å². The third-order valence-corrected chi connectivity index (χ3v) is 9.55. The van der Waals surface area contributed by atoms with Gasteiger partial charge in [0.15, 0.2) is 5.78 Å². The predicted molar refractivity (Wildman–Crippen MR) is 161 cm³/mol. The van der Waals surface area contributed by atoms with E-state index in [-0.39, 0.29) is 5.78 Å². The first-order chi connectivity index (χ1) is 18.7. The minimum absolute atomic E-state index is 0.0578. The van der Waals surface area contributed by atoms with Crippen LogP contribution in [0.25, 0.3) is 0 Å². The number of allylic oxidation sites excluding steroid dienone is 3. The van der Waals surface area contributed by atoms with Gasteiger partial charge in [-0.1, -0.05) is 53.5 Å². The zero-order valence-electron chi connectivity index (χ0n) is 22.1. The lowest BCUT2D eigenvalue weighted by Crippen LogP contribution is -2.39. The Labute approximate surface area is 244 Å². The van der Waals surface area contributed by atoms with Crippen molar-refractivity contribution >= 4 is 46.4 Å². The maximum atomic E-state index is 13.6. The van der Waals surface area contributed by atoms with E-state index in [4.69, 9.17) is 28.9 Å². The quantitative estimate of drug-likeness (QED) is 0.310. The van der Waals surface area contributed by atoms with Crippen LogP contribution in [-0.4, -0.2) is 5.78 Å². The van der Waals surface area contributed by atoms with Crippen LogP contribution in [0, 0.1) is 32.1 Å². The Kier molecular flexibility index (Phi) is 7.82. The molecule has 1 aliphatic heterocycles. The topological polar surface area (TPSA) is 70.1 Å². The van der Waals surface area contributed by atoms with E-state index in [0.717, 1.165) is 29.0 Å². The molecule has 2 aliphatic rings. The number of carbonyl (C=O) groups is 1. The highest BCUT2D eigenvalue weighted by Gasteiger charge is 2.41. The number of aryl methyl sites for hydroxylation is 3. The second kappa shape index (κ2) is 11.1. The number of thioether (sulfide) groups is 1. The Balaban J connectivity index is 1.64. The lowest BCUT2D eigenvalue weighted by molar-refractivity contribution is -0.116. The van der Waals surface area contributed by atoms with Gasteiger partial charge in [-0.3, -0.25) is 9.69 Å². The molecular formula is C32H29Cl2N3OS. The van der Waals surface area contributed by atoms with Crippen LogP contribution in [0.4, 0.5) is 5.69 Å². The molecule has 1 unspecified atom stereocenters. The summed E-state index contributed by atoms with van der Waals surface area (Å²) in [6.07, 6.45) is 1.85. The lowest BCUT2D eigenvalue weighted by atomic mass is 9.74. The summed E-state index contributed by atoms with van der Waals surface area (Å²) in [4.78, 5) is 16.6. The van der Waals surface area contributed by atoms with Crippen LogP contribution in [0.5, 0.6) is 0 Å². The number of carbonyl (C=O) groups excluding carboxylic acids is 1. The third kappa shape index (κ3) is 5.10. The minimum Gasteiger partial charge on any atom is -0.384 e. The first-order valence-electron chi connectivity index (χ1n) is 12.9. The Hall–Kier alpha value is -3.17. The van der Waals surface area contributed by atoms with Crippen molar-refractivity contribution in [3.63, 3.8) is 0 Å². The largest absolute Gasteiger partial charge is 0.384 e. The fourth-order valence-electron chi connectivity index (χ4n) is 5.57. The van der Waals surface area contributed by atoms with Crippen LogP contribution in [0.3, 0.4) is 0 Å². The van der Waals surface area contributed by atoms with Gasteiger partial charge in [0, 0.05) is 34.0 Å². The van der Waals surface area contributed by atoms with E-state index in [1.54, 1.807) is 23.9 Å². The summed E-state index contributed by atoms with van der Waals surface area (Å²) in [6, 6.07) is 20.3. The molecule has 0 aromatic heterocycles. The molecule has 0 spiro atoms. The van der Waals surface area contributed by atoms with Crippen LogP contribution in [0.15, 0.2) is 82.2 Å². The van der Waals surface area contributed by atoms with Crippen molar-refractivity contribution in [3.8, 4) is 6.07 Å². The fourth-order valence-corrected chi connectivity index (χ4v) is 6.96. The molecule has 7 heteroatoms. The molecule has 0 saturated carbocycles. The van der Waals surface area contributed by atoms with Gasteiger partial charge in [-0.25, -0.2) is 0 Å². The molecule has 1 atom stereocenters. The summed E-state index contributed by atoms with van der Waals surface area (Å²) in [5.74, 6) is 0.652. The number of rotatable bonds is 5. The molecule has 5 rings (SSSR count). The molecule has 0 radical (unpaired) electrons. The summed E-state index contributed by atoms with van der Waals surface area (Å²) < 4.78 is 0. The van der Waals surface area contributed by atoms with E-state index in [2.05, 4.69) is 50.2 Å². The highest BCUT2D eigenvalue weighted by atomic mass is 35.5. The molecule has 1 heterocycles. The second-order valence-corrected chi connectivity index (χ2v) is 11.9. The van der Waals surface area contributed by atoms with Gasteiger partial charge in [-0.05, 0) is 85.7 Å². The van der Waals surface area contributed by atoms with Gasteiger partial charge in [0.1, 0.15) is 5.82 Å². The van der Waals surface area contributed by atoms with Gasteiger partial charge < -0.3 is 5.73 Å². The SMILES string of the molecule is Cc1cc(C)c(C2C(C#N)=C(N)N(c3ccc(Cl)c(Cl)c3)C3=C2C(=O)CCC3)cc1CSc1ccccc1C. The van der Waals surface area contributed by atoms with Gasteiger partial charge in [0.05, 0.1) is 27.6 Å². The number of ketones is 1. The zero-order valence-corrected chi connectivity index (χ0v) is 24.5. The average molecular weight is 575 g/mol. The number of nitrogens with zero attached hydrogens (tertiary/aromatic N) is 2. The van der Waals surface area contributed by atoms with E-state index in [9.17, 15) is 10.1 Å². The van der Waals surface area contributed by atoms with Crippen molar-refractivity contribution in [2.24, 2.45) is 5.73 Å². The van der Waals surface area contributed by atoms with Crippen LogP contribution in [0.1, 0.15) is 53.0 Å². The fraction of sp³-hybridized carbons (Fsp3) is 0.250. The molecule has 39 heavy (non-hydrogen) atoms. The molecule has 0 fully saturated rings. The smallest absolute Gasteiger partial charge is 0.161 e.